The Labute approximate surface area is 106 Å². The molecular formula is C12H20N2O2S. The summed E-state index contributed by atoms with van der Waals surface area (Å²) < 4.78 is 4.98. The van der Waals surface area contributed by atoms with Gasteiger partial charge in [-0.1, -0.05) is 0 Å². The molecule has 0 aliphatic heterocycles. The van der Waals surface area contributed by atoms with Crippen LogP contribution in [0.5, 0.6) is 0 Å². The first kappa shape index (κ1) is 14.2. The van der Waals surface area contributed by atoms with Crippen LogP contribution in [0.15, 0.2) is 11.4 Å². The van der Waals surface area contributed by atoms with E-state index in [1.807, 2.05) is 11.4 Å². The van der Waals surface area contributed by atoms with E-state index in [1.165, 1.54) is 11.8 Å². The molecule has 0 unspecified atom stereocenters. The first-order valence-corrected chi connectivity index (χ1v) is 6.65. The van der Waals surface area contributed by atoms with Gasteiger partial charge in [0.15, 0.2) is 0 Å². The number of hydrogen-bond donors (Lipinski definition) is 2. The van der Waals surface area contributed by atoms with Crippen LogP contribution in [0.25, 0.3) is 0 Å². The van der Waals surface area contributed by atoms with Gasteiger partial charge in [0.25, 0.3) is 0 Å². The number of hydrogen-bond acceptors (Lipinski definition) is 4. The van der Waals surface area contributed by atoms with Crippen molar-refractivity contribution in [3.63, 3.8) is 0 Å². The van der Waals surface area contributed by atoms with Crippen LogP contribution in [0.2, 0.25) is 0 Å². The minimum absolute atomic E-state index is 0.0234. The molecule has 17 heavy (non-hydrogen) atoms. The predicted octanol–water partition coefficient (Wildman–Crippen LogP) is 2.22. The van der Waals surface area contributed by atoms with Crippen molar-refractivity contribution in [2.24, 2.45) is 0 Å². The van der Waals surface area contributed by atoms with Gasteiger partial charge in [-0.05, 0) is 30.8 Å². The van der Waals surface area contributed by atoms with Gasteiger partial charge in [0.1, 0.15) is 0 Å². The molecule has 1 amide bonds. The lowest BCUT2D eigenvalue weighted by atomic mass is 10.3. The van der Waals surface area contributed by atoms with Gasteiger partial charge in [0.05, 0.1) is 5.69 Å². The van der Waals surface area contributed by atoms with Crippen molar-refractivity contribution in [3.05, 3.63) is 16.3 Å². The molecule has 0 aliphatic carbocycles. The molecule has 0 bridgehead atoms. The van der Waals surface area contributed by atoms with Crippen LogP contribution < -0.4 is 10.6 Å². The van der Waals surface area contributed by atoms with E-state index < -0.39 is 0 Å². The number of unbranched alkanes of at least 4 members (excludes halogenated alkanes) is 1. The number of carbonyl (C=O) groups is 1. The van der Waals surface area contributed by atoms with Crippen LogP contribution in [0.4, 0.5) is 5.69 Å². The van der Waals surface area contributed by atoms with Crippen molar-refractivity contribution in [1.29, 1.82) is 0 Å². The van der Waals surface area contributed by atoms with Gasteiger partial charge in [-0.25, -0.2) is 0 Å². The minimum Gasteiger partial charge on any atom is -0.385 e. The first-order chi connectivity index (χ1) is 8.24. The highest BCUT2D eigenvalue weighted by molar-refractivity contribution is 7.10. The molecule has 0 atom stereocenters. The molecule has 1 rings (SSSR count). The monoisotopic (exact) mass is 256 g/mol. The normalized spacial score (nSPS) is 10.5. The fourth-order valence-corrected chi connectivity index (χ4v) is 2.28. The molecular weight excluding hydrogens is 236 g/mol. The van der Waals surface area contributed by atoms with E-state index in [2.05, 4.69) is 10.6 Å². The Morgan fingerprint density at radius 1 is 1.47 bits per heavy atom. The third-order valence-electron chi connectivity index (χ3n) is 2.29. The number of amides is 1. The number of ether oxygens (including phenoxy) is 1. The van der Waals surface area contributed by atoms with E-state index in [0.717, 1.165) is 38.2 Å². The summed E-state index contributed by atoms with van der Waals surface area (Å²) in [5, 5.41) is 8.18. The van der Waals surface area contributed by atoms with Crippen LogP contribution >= 0.6 is 11.3 Å². The van der Waals surface area contributed by atoms with E-state index >= 15 is 0 Å². The molecule has 0 aliphatic rings. The van der Waals surface area contributed by atoms with Crippen molar-refractivity contribution in [1.82, 2.24) is 5.32 Å². The van der Waals surface area contributed by atoms with Crippen molar-refractivity contribution < 1.29 is 9.53 Å². The maximum atomic E-state index is 11.0. The second-order valence-corrected chi connectivity index (χ2v) is 4.82. The van der Waals surface area contributed by atoms with Crippen LogP contribution in [0.1, 0.15) is 24.6 Å². The SMILES string of the molecule is COCCCCNCc1sccc1NC(C)=O. The summed E-state index contributed by atoms with van der Waals surface area (Å²) in [5.41, 5.74) is 0.923. The minimum atomic E-state index is -0.0234. The summed E-state index contributed by atoms with van der Waals surface area (Å²) in [6.07, 6.45) is 2.18. The van der Waals surface area contributed by atoms with Gasteiger partial charge in [0.2, 0.25) is 5.91 Å². The Hall–Kier alpha value is -0.910. The number of methoxy groups -OCH3 is 1. The number of rotatable bonds is 8. The molecule has 96 valence electrons. The van der Waals surface area contributed by atoms with Crippen LogP contribution in [0.3, 0.4) is 0 Å². The van der Waals surface area contributed by atoms with Crippen LogP contribution in [-0.4, -0.2) is 26.2 Å². The summed E-state index contributed by atoms with van der Waals surface area (Å²) in [7, 11) is 1.72. The van der Waals surface area contributed by atoms with Crippen molar-refractivity contribution >= 4 is 22.9 Å². The maximum absolute atomic E-state index is 11.0. The van der Waals surface area contributed by atoms with E-state index in [-0.39, 0.29) is 5.91 Å². The van der Waals surface area contributed by atoms with Gasteiger partial charge in [0, 0.05) is 32.1 Å². The lowest BCUT2D eigenvalue weighted by Gasteiger charge is -2.06. The molecule has 0 radical (unpaired) electrons. The lowest BCUT2D eigenvalue weighted by molar-refractivity contribution is -0.114. The number of carbonyl (C=O) groups excluding carboxylic acids is 1. The molecule has 0 saturated heterocycles. The summed E-state index contributed by atoms with van der Waals surface area (Å²) in [6.45, 7) is 4.12. The average Bonchev–Trinajstić information content (AvgIpc) is 2.70. The Bertz CT molecular complexity index is 339. The maximum Gasteiger partial charge on any atom is 0.221 e. The number of anilines is 1. The number of thiophene rings is 1. The van der Waals surface area contributed by atoms with Gasteiger partial charge in [-0.2, -0.15) is 0 Å². The molecule has 5 heteroatoms. The molecule has 0 fully saturated rings. The van der Waals surface area contributed by atoms with Gasteiger partial charge in [-0.15, -0.1) is 11.3 Å². The molecule has 0 saturated carbocycles. The van der Waals surface area contributed by atoms with E-state index in [0.29, 0.717) is 0 Å². The lowest BCUT2D eigenvalue weighted by Crippen LogP contribution is -2.16. The second kappa shape index (κ2) is 8.22. The molecule has 0 aromatic carbocycles. The van der Waals surface area contributed by atoms with E-state index in [4.69, 9.17) is 4.74 Å². The first-order valence-electron chi connectivity index (χ1n) is 5.77. The van der Waals surface area contributed by atoms with Crippen molar-refractivity contribution in [3.8, 4) is 0 Å². The van der Waals surface area contributed by atoms with Gasteiger partial charge in [-0.3, -0.25) is 4.79 Å². The summed E-state index contributed by atoms with van der Waals surface area (Å²) in [4.78, 5) is 12.1. The highest BCUT2D eigenvalue weighted by Crippen LogP contribution is 2.21. The third kappa shape index (κ3) is 5.81. The third-order valence-corrected chi connectivity index (χ3v) is 3.21. The zero-order chi connectivity index (χ0) is 12.5. The van der Waals surface area contributed by atoms with E-state index in [1.54, 1.807) is 18.4 Å². The Morgan fingerprint density at radius 2 is 2.29 bits per heavy atom. The van der Waals surface area contributed by atoms with Crippen molar-refractivity contribution in [2.75, 3.05) is 25.6 Å². The van der Waals surface area contributed by atoms with Crippen LogP contribution in [-0.2, 0) is 16.1 Å². The number of nitrogens with one attached hydrogen (secondary N) is 2. The molecule has 2 N–H and O–H groups in total. The Balaban J connectivity index is 2.22. The Morgan fingerprint density at radius 3 is 3.00 bits per heavy atom. The van der Waals surface area contributed by atoms with Gasteiger partial charge >= 0.3 is 0 Å². The summed E-state index contributed by atoms with van der Waals surface area (Å²) in [5.74, 6) is -0.0234. The smallest absolute Gasteiger partial charge is 0.221 e. The van der Waals surface area contributed by atoms with Crippen molar-refractivity contribution in [2.45, 2.75) is 26.3 Å². The quantitative estimate of drug-likeness (QED) is 0.701. The molecule has 1 aromatic heterocycles. The predicted molar refractivity (Wildman–Crippen MR) is 71.4 cm³/mol. The summed E-state index contributed by atoms with van der Waals surface area (Å²) >= 11 is 1.66. The standard InChI is InChI=1S/C12H20N2O2S/c1-10(15)14-11-5-8-17-12(11)9-13-6-3-4-7-16-2/h5,8,13H,3-4,6-7,9H2,1-2H3,(H,14,15). The molecule has 1 aromatic rings. The average molecular weight is 256 g/mol. The van der Waals surface area contributed by atoms with Crippen LogP contribution in [0, 0.1) is 0 Å². The Kier molecular flexibility index (Phi) is 6.84. The highest BCUT2D eigenvalue weighted by atomic mass is 32.1. The second-order valence-electron chi connectivity index (χ2n) is 3.82. The zero-order valence-corrected chi connectivity index (χ0v) is 11.2. The highest BCUT2D eigenvalue weighted by Gasteiger charge is 2.04. The van der Waals surface area contributed by atoms with E-state index in [9.17, 15) is 4.79 Å². The fraction of sp³-hybridized carbons (Fsp3) is 0.583. The molecule has 4 nitrogen and oxygen atoms in total. The van der Waals surface area contributed by atoms with Gasteiger partial charge < -0.3 is 15.4 Å². The largest absolute Gasteiger partial charge is 0.385 e. The topological polar surface area (TPSA) is 50.4 Å². The molecule has 1 heterocycles. The zero-order valence-electron chi connectivity index (χ0n) is 10.4. The molecule has 0 spiro atoms. The summed E-state index contributed by atoms with van der Waals surface area (Å²) in [6, 6.07) is 1.94. The fourth-order valence-electron chi connectivity index (χ4n) is 1.48.